The van der Waals surface area contributed by atoms with Gasteiger partial charge in [0, 0.05) is 13.0 Å². The van der Waals surface area contributed by atoms with Crippen LogP contribution in [0.4, 0.5) is 0 Å². The van der Waals surface area contributed by atoms with E-state index in [1.165, 1.54) is 6.39 Å². The molecule has 1 atom stereocenters. The predicted molar refractivity (Wildman–Crippen MR) is 72.0 cm³/mol. The van der Waals surface area contributed by atoms with Crippen LogP contribution < -0.4 is 0 Å². The molecule has 0 fully saturated rings. The van der Waals surface area contributed by atoms with Crippen molar-refractivity contribution in [3.8, 4) is 0 Å². The highest BCUT2D eigenvalue weighted by Crippen LogP contribution is 2.24. The molecule has 0 aliphatic carbocycles. The summed E-state index contributed by atoms with van der Waals surface area (Å²) >= 11 is 6.21. The van der Waals surface area contributed by atoms with E-state index >= 15 is 0 Å². The standard InChI is InChI=1S/C13H13ClN4O/c1-9(14)13-16-10-4-2-3-5-11(10)18(13)7-6-12-15-8-19-17-12/h2-5,8-9H,6-7H2,1H3. The van der Waals surface area contributed by atoms with Crippen LogP contribution in [0, 0.1) is 0 Å². The fourth-order valence-corrected chi connectivity index (χ4v) is 2.31. The molecule has 6 heteroatoms. The summed E-state index contributed by atoms with van der Waals surface area (Å²) in [5.74, 6) is 1.55. The number of nitrogens with zero attached hydrogens (tertiary/aromatic N) is 4. The highest BCUT2D eigenvalue weighted by atomic mass is 35.5. The molecule has 0 saturated heterocycles. The van der Waals surface area contributed by atoms with Gasteiger partial charge < -0.3 is 9.09 Å². The Morgan fingerprint density at radius 2 is 2.21 bits per heavy atom. The van der Waals surface area contributed by atoms with Gasteiger partial charge in [-0.05, 0) is 19.1 Å². The minimum absolute atomic E-state index is 0.141. The normalized spacial score (nSPS) is 12.9. The van der Waals surface area contributed by atoms with Crippen molar-refractivity contribution in [1.82, 2.24) is 19.7 Å². The molecule has 3 rings (SSSR count). The molecule has 0 N–H and O–H groups in total. The molecule has 0 bridgehead atoms. The van der Waals surface area contributed by atoms with E-state index in [0.717, 1.165) is 23.4 Å². The molecule has 0 spiro atoms. The fraction of sp³-hybridized carbons (Fsp3) is 0.308. The zero-order valence-corrected chi connectivity index (χ0v) is 11.2. The van der Waals surface area contributed by atoms with Gasteiger partial charge in [-0.15, -0.1) is 11.6 Å². The van der Waals surface area contributed by atoms with Gasteiger partial charge >= 0.3 is 0 Å². The molecule has 2 aromatic heterocycles. The van der Waals surface area contributed by atoms with Crippen LogP contribution in [0.1, 0.15) is 23.9 Å². The second-order valence-corrected chi connectivity index (χ2v) is 4.98. The fourth-order valence-electron chi connectivity index (χ4n) is 2.15. The third-order valence-electron chi connectivity index (χ3n) is 3.01. The van der Waals surface area contributed by atoms with Gasteiger partial charge in [-0.1, -0.05) is 17.3 Å². The lowest BCUT2D eigenvalue weighted by Gasteiger charge is -2.09. The van der Waals surface area contributed by atoms with Crippen LogP contribution >= 0.6 is 11.6 Å². The Kier molecular flexibility index (Phi) is 3.21. The van der Waals surface area contributed by atoms with Gasteiger partial charge in [0.05, 0.1) is 16.4 Å². The first kappa shape index (κ1) is 12.2. The van der Waals surface area contributed by atoms with E-state index < -0.39 is 0 Å². The average Bonchev–Trinajstić information content (AvgIpc) is 3.03. The van der Waals surface area contributed by atoms with E-state index in [2.05, 4.69) is 19.7 Å². The highest BCUT2D eigenvalue weighted by molar-refractivity contribution is 6.20. The number of imidazole rings is 1. The summed E-state index contributed by atoms with van der Waals surface area (Å²) in [6, 6.07) is 8.00. The van der Waals surface area contributed by atoms with Gasteiger partial charge in [0.2, 0.25) is 6.39 Å². The molecule has 0 radical (unpaired) electrons. The lowest BCUT2D eigenvalue weighted by molar-refractivity contribution is 0.408. The van der Waals surface area contributed by atoms with Crippen LogP contribution in [0.3, 0.4) is 0 Å². The summed E-state index contributed by atoms with van der Waals surface area (Å²) in [6.45, 7) is 2.65. The largest absolute Gasteiger partial charge is 0.343 e. The maximum atomic E-state index is 6.21. The van der Waals surface area contributed by atoms with Crippen molar-refractivity contribution >= 4 is 22.6 Å². The van der Waals surface area contributed by atoms with Crippen LogP contribution in [0.2, 0.25) is 0 Å². The molecule has 1 unspecified atom stereocenters. The molecule has 1 aromatic carbocycles. The summed E-state index contributed by atoms with van der Waals surface area (Å²) < 4.78 is 6.85. The number of hydrogen-bond donors (Lipinski definition) is 0. The monoisotopic (exact) mass is 276 g/mol. The van der Waals surface area contributed by atoms with Crippen molar-refractivity contribution in [2.45, 2.75) is 25.3 Å². The molecule has 0 amide bonds. The number of hydrogen-bond acceptors (Lipinski definition) is 4. The summed E-state index contributed by atoms with van der Waals surface area (Å²) in [6.07, 6.45) is 2.03. The van der Waals surface area contributed by atoms with Gasteiger partial charge in [0.15, 0.2) is 5.82 Å². The van der Waals surface area contributed by atoms with Crippen molar-refractivity contribution < 1.29 is 4.52 Å². The topological polar surface area (TPSA) is 56.7 Å². The Morgan fingerprint density at radius 3 is 2.95 bits per heavy atom. The Labute approximate surface area is 115 Å². The lowest BCUT2D eigenvalue weighted by Crippen LogP contribution is -2.07. The third-order valence-corrected chi connectivity index (χ3v) is 3.20. The van der Waals surface area contributed by atoms with Gasteiger partial charge in [-0.25, -0.2) is 4.98 Å². The first-order valence-electron chi connectivity index (χ1n) is 6.10. The van der Waals surface area contributed by atoms with E-state index in [1.807, 2.05) is 31.2 Å². The summed E-state index contributed by atoms with van der Waals surface area (Å²) in [5, 5.41) is 3.68. The van der Waals surface area contributed by atoms with E-state index in [-0.39, 0.29) is 5.38 Å². The number of benzene rings is 1. The summed E-state index contributed by atoms with van der Waals surface area (Å²) in [5.41, 5.74) is 2.03. The number of alkyl halides is 1. The lowest BCUT2D eigenvalue weighted by atomic mass is 10.3. The second-order valence-electron chi connectivity index (χ2n) is 4.32. The average molecular weight is 277 g/mol. The summed E-state index contributed by atoms with van der Waals surface area (Å²) in [7, 11) is 0. The molecule has 0 saturated carbocycles. The SMILES string of the molecule is CC(Cl)c1nc2ccccc2n1CCc1ncon1. The Morgan fingerprint density at radius 1 is 1.37 bits per heavy atom. The first-order valence-corrected chi connectivity index (χ1v) is 6.54. The van der Waals surface area contributed by atoms with Crippen LogP contribution in [-0.4, -0.2) is 19.7 Å². The minimum atomic E-state index is -0.141. The first-order chi connectivity index (χ1) is 9.25. The molecule has 0 aliphatic rings. The smallest absolute Gasteiger partial charge is 0.213 e. The van der Waals surface area contributed by atoms with Crippen molar-refractivity contribution in [3.05, 3.63) is 42.3 Å². The molecular formula is C13H13ClN4O. The number of fused-ring (bicyclic) bond motifs is 1. The number of aromatic nitrogens is 4. The number of rotatable bonds is 4. The Balaban J connectivity index is 1.97. The summed E-state index contributed by atoms with van der Waals surface area (Å²) in [4.78, 5) is 8.60. The van der Waals surface area contributed by atoms with Crippen LogP contribution in [0.5, 0.6) is 0 Å². The molecule has 3 aromatic rings. The zero-order chi connectivity index (χ0) is 13.2. The highest BCUT2D eigenvalue weighted by Gasteiger charge is 2.14. The zero-order valence-electron chi connectivity index (χ0n) is 10.5. The quantitative estimate of drug-likeness (QED) is 0.688. The van der Waals surface area contributed by atoms with E-state index in [4.69, 9.17) is 16.1 Å². The van der Waals surface area contributed by atoms with Gasteiger partial charge in [-0.3, -0.25) is 0 Å². The van der Waals surface area contributed by atoms with Crippen LogP contribution in [0.15, 0.2) is 35.2 Å². The van der Waals surface area contributed by atoms with Gasteiger partial charge in [0.1, 0.15) is 5.82 Å². The van der Waals surface area contributed by atoms with E-state index in [9.17, 15) is 0 Å². The molecule has 2 heterocycles. The molecule has 5 nitrogen and oxygen atoms in total. The molecular weight excluding hydrogens is 264 g/mol. The van der Waals surface area contributed by atoms with Crippen molar-refractivity contribution in [1.29, 1.82) is 0 Å². The van der Waals surface area contributed by atoms with E-state index in [0.29, 0.717) is 12.2 Å². The Hall–Kier alpha value is -1.88. The number of para-hydroxylation sites is 2. The predicted octanol–water partition coefficient (Wildman–Crippen LogP) is 2.96. The van der Waals surface area contributed by atoms with Gasteiger partial charge in [0.25, 0.3) is 0 Å². The van der Waals surface area contributed by atoms with Gasteiger partial charge in [-0.2, -0.15) is 4.98 Å². The van der Waals surface area contributed by atoms with Crippen LogP contribution in [-0.2, 0) is 13.0 Å². The van der Waals surface area contributed by atoms with Crippen molar-refractivity contribution in [2.24, 2.45) is 0 Å². The van der Waals surface area contributed by atoms with Crippen molar-refractivity contribution in [2.75, 3.05) is 0 Å². The molecule has 19 heavy (non-hydrogen) atoms. The minimum Gasteiger partial charge on any atom is -0.343 e. The maximum Gasteiger partial charge on any atom is 0.213 e. The number of halogens is 1. The van der Waals surface area contributed by atoms with Crippen molar-refractivity contribution in [3.63, 3.8) is 0 Å². The second kappa shape index (κ2) is 5.01. The maximum absolute atomic E-state index is 6.21. The third kappa shape index (κ3) is 2.33. The molecule has 0 aliphatic heterocycles. The van der Waals surface area contributed by atoms with E-state index in [1.54, 1.807) is 0 Å². The molecule has 98 valence electrons. The number of aryl methyl sites for hydroxylation is 2. The van der Waals surface area contributed by atoms with Crippen LogP contribution in [0.25, 0.3) is 11.0 Å². The Bertz CT molecular complexity index is 675.